The molecule has 0 saturated heterocycles. The Morgan fingerprint density at radius 1 is 1.00 bits per heavy atom. The Morgan fingerprint density at radius 3 is 2.53 bits per heavy atom. The summed E-state index contributed by atoms with van der Waals surface area (Å²) < 4.78 is 10.6. The first-order valence-electron chi connectivity index (χ1n) is 9.42. The van der Waals surface area contributed by atoms with Gasteiger partial charge in [0.2, 0.25) is 11.8 Å². The van der Waals surface area contributed by atoms with E-state index < -0.39 is 0 Å². The maximum atomic E-state index is 13.1. The molecule has 0 bridgehead atoms. The van der Waals surface area contributed by atoms with E-state index in [1.807, 2.05) is 48.5 Å². The van der Waals surface area contributed by atoms with E-state index in [4.69, 9.17) is 9.15 Å². The number of pyridine rings is 1. The van der Waals surface area contributed by atoms with E-state index in [0.29, 0.717) is 22.9 Å². The Hall–Kier alpha value is -3.84. The van der Waals surface area contributed by atoms with Crippen LogP contribution in [0.1, 0.15) is 33.4 Å². The molecule has 2 aromatic heterocycles. The van der Waals surface area contributed by atoms with Gasteiger partial charge < -0.3 is 14.5 Å². The second-order valence-corrected chi connectivity index (χ2v) is 6.61. The monoisotopic (exact) mass is 400 g/mol. The zero-order valence-corrected chi connectivity index (χ0v) is 16.4. The van der Waals surface area contributed by atoms with Crippen molar-refractivity contribution >= 4 is 5.91 Å². The summed E-state index contributed by atoms with van der Waals surface area (Å²) in [5.74, 6) is 0.508. The van der Waals surface area contributed by atoms with Gasteiger partial charge in [-0.2, -0.15) is 0 Å². The van der Waals surface area contributed by atoms with Crippen molar-refractivity contribution in [3.63, 3.8) is 0 Å². The highest BCUT2D eigenvalue weighted by Crippen LogP contribution is 2.23. The quantitative estimate of drug-likeness (QED) is 0.508. The van der Waals surface area contributed by atoms with Crippen molar-refractivity contribution in [1.29, 1.82) is 0 Å². The minimum atomic E-state index is -0.304. The molecule has 0 fully saturated rings. The van der Waals surface area contributed by atoms with Crippen LogP contribution in [0.15, 0.2) is 83.5 Å². The van der Waals surface area contributed by atoms with E-state index in [1.54, 1.807) is 37.7 Å². The standard InChI is InChI=1S/C23H20N4O3/c1-29-15-20-26-27-23(30-20)19-9-5-8-18(14-19)22(28)25-21(16-6-3-2-4-7-16)17-10-12-24-13-11-17/h2-14,21H,15H2,1H3,(H,25,28). The average molecular weight is 400 g/mol. The zero-order chi connectivity index (χ0) is 20.8. The molecule has 30 heavy (non-hydrogen) atoms. The zero-order valence-electron chi connectivity index (χ0n) is 16.4. The molecule has 1 amide bonds. The van der Waals surface area contributed by atoms with Gasteiger partial charge in [-0.3, -0.25) is 9.78 Å². The number of hydrogen-bond acceptors (Lipinski definition) is 6. The van der Waals surface area contributed by atoms with E-state index in [0.717, 1.165) is 11.1 Å². The lowest BCUT2D eigenvalue weighted by Crippen LogP contribution is -2.29. The number of carbonyl (C=O) groups is 1. The van der Waals surface area contributed by atoms with Crippen molar-refractivity contribution in [2.45, 2.75) is 12.6 Å². The number of methoxy groups -OCH3 is 1. The predicted molar refractivity (Wildman–Crippen MR) is 110 cm³/mol. The number of benzene rings is 2. The van der Waals surface area contributed by atoms with Gasteiger partial charge in [0.05, 0.1) is 6.04 Å². The van der Waals surface area contributed by atoms with E-state index in [2.05, 4.69) is 20.5 Å². The molecule has 4 rings (SSSR count). The Bertz CT molecular complexity index is 1070. The fourth-order valence-electron chi connectivity index (χ4n) is 3.12. The van der Waals surface area contributed by atoms with Crippen LogP contribution < -0.4 is 5.32 Å². The summed E-state index contributed by atoms with van der Waals surface area (Å²) in [6.45, 7) is 0.234. The van der Waals surface area contributed by atoms with Crippen LogP contribution >= 0.6 is 0 Å². The summed E-state index contributed by atoms with van der Waals surface area (Å²) >= 11 is 0. The minimum absolute atomic E-state index is 0.209. The number of ether oxygens (including phenoxy) is 1. The first-order valence-corrected chi connectivity index (χ1v) is 9.42. The number of carbonyl (C=O) groups excluding carboxylic acids is 1. The minimum Gasteiger partial charge on any atom is -0.418 e. The largest absolute Gasteiger partial charge is 0.418 e. The Kier molecular flexibility index (Phi) is 5.91. The summed E-state index contributed by atoms with van der Waals surface area (Å²) in [5, 5.41) is 11.1. The second-order valence-electron chi connectivity index (χ2n) is 6.61. The van der Waals surface area contributed by atoms with Crippen molar-refractivity contribution in [2.24, 2.45) is 0 Å². The first kappa shape index (κ1) is 19.5. The van der Waals surface area contributed by atoms with Gasteiger partial charge in [-0.05, 0) is 41.5 Å². The van der Waals surface area contributed by atoms with Gasteiger partial charge in [0.15, 0.2) is 0 Å². The van der Waals surface area contributed by atoms with Gasteiger partial charge in [-0.25, -0.2) is 0 Å². The normalized spacial score (nSPS) is 11.8. The SMILES string of the molecule is COCc1nnc(-c2cccc(C(=O)NC(c3ccccc3)c3ccncc3)c2)o1. The molecule has 2 aromatic carbocycles. The Morgan fingerprint density at radius 2 is 1.77 bits per heavy atom. The third-order valence-corrected chi connectivity index (χ3v) is 4.55. The molecule has 1 atom stereocenters. The summed E-state index contributed by atoms with van der Waals surface area (Å²) in [6, 6.07) is 20.4. The maximum Gasteiger partial charge on any atom is 0.252 e. The lowest BCUT2D eigenvalue weighted by molar-refractivity contribution is 0.0943. The number of amides is 1. The van der Waals surface area contributed by atoms with Gasteiger partial charge in [0.25, 0.3) is 5.91 Å². The number of aromatic nitrogens is 3. The van der Waals surface area contributed by atoms with Crippen molar-refractivity contribution in [3.05, 3.63) is 102 Å². The lowest BCUT2D eigenvalue weighted by Gasteiger charge is -2.20. The maximum absolute atomic E-state index is 13.1. The van der Waals surface area contributed by atoms with Crippen LogP contribution in [0.25, 0.3) is 11.5 Å². The van der Waals surface area contributed by atoms with Crippen molar-refractivity contribution in [2.75, 3.05) is 7.11 Å². The van der Waals surface area contributed by atoms with Crippen LogP contribution in [0.2, 0.25) is 0 Å². The third-order valence-electron chi connectivity index (χ3n) is 4.55. The fourth-order valence-corrected chi connectivity index (χ4v) is 3.12. The van der Waals surface area contributed by atoms with E-state index in [1.165, 1.54) is 0 Å². The van der Waals surface area contributed by atoms with Gasteiger partial charge in [-0.1, -0.05) is 36.4 Å². The number of nitrogens with zero attached hydrogens (tertiary/aromatic N) is 3. The molecule has 4 aromatic rings. The highest BCUT2D eigenvalue weighted by molar-refractivity contribution is 5.95. The summed E-state index contributed by atoms with van der Waals surface area (Å²) in [5.41, 5.74) is 3.09. The number of rotatable bonds is 7. The number of hydrogen-bond donors (Lipinski definition) is 1. The van der Waals surface area contributed by atoms with E-state index in [-0.39, 0.29) is 18.6 Å². The molecule has 0 saturated carbocycles. The predicted octanol–water partition coefficient (Wildman–Crippen LogP) is 3.80. The Labute approximate surface area is 173 Å². The highest BCUT2D eigenvalue weighted by Gasteiger charge is 2.18. The van der Waals surface area contributed by atoms with Crippen LogP contribution in [-0.2, 0) is 11.3 Å². The summed E-state index contributed by atoms with van der Waals surface area (Å²) in [6.07, 6.45) is 3.43. The van der Waals surface area contributed by atoms with Crippen molar-refractivity contribution in [3.8, 4) is 11.5 Å². The summed E-state index contributed by atoms with van der Waals surface area (Å²) in [4.78, 5) is 17.2. The Balaban J connectivity index is 1.60. The fraction of sp³-hybridized carbons (Fsp3) is 0.130. The molecule has 2 heterocycles. The lowest BCUT2D eigenvalue weighted by atomic mass is 9.99. The molecule has 0 aliphatic rings. The van der Waals surface area contributed by atoms with Crippen LogP contribution in [0.4, 0.5) is 0 Å². The average Bonchev–Trinajstić information content (AvgIpc) is 3.27. The van der Waals surface area contributed by atoms with Crippen LogP contribution in [0.5, 0.6) is 0 Å². The van der Waals surface area contributed by atoms with Gasteiger partial charge in [0.1, 0.15) is 6.61 Å². The molecule has 0 radical (unpaired) electrons. The first-order chi connectivity index (χ1) is 14.7. The molecular weight excluding hydrogens is 380 g/mol. The van der Waals surface area contributed by atoms with Crippen LogP contribution in [0, 0.1) is 0 Å². The van der Waals surface area contributed by atoms with Gasteiger partial charge >= 0.3 is 0 Å². The van der Waals surface area contributed by atoms with E-state index >= 15 is 0 Å². The van der Waals surface area contributed by atoms with Crippen LogP contribution in [0.3, 0.4) is 0 Å². The van der Waals surface area contributed by atoms with Gasteiger partial charge in [0, 0.05) is 30.6 Å². The highest BCUT2D eigenvalue weighted by atomic mass is 16.5. The molecule has 150 valence electrons. The smallest absolute Gasteiger partial charge is 0.252 e. The molecule has 7 nitrogen and oxygen atoms in total. The van der Waals surface area contributed by atoms with Crippen molar-refractivity contribution < 1.29 is 13.9 Å². The number of nitrogens with one attached hydrogen (secondary N) is 1. The molecule has 0 aliphatic heterocycles. The van der Waals surface area contributed by atoms with Crippen molar-refractivity contribution in [1.82, 2.24) is 20.5 Å². The third kappa shape index (κ3) is 4.42. The molecule has 0 aliphatic carbocycles. The van der Waals surface area contributed by atoms with Gasteiger partial charge in [-0.15, -0.1) is 10.2 Å². The molecule has 0 spiro atoms. The summed E-state index contributed by atoms with van der Waals surface area (Å²) in [7, 11) is 1.56. The molecule has 7 heteroatoms. The second kappa shape index (κ2) is 9.11. The van der Waals surface area contributed by atoms with Crippen LogP contribution in [-0.4, -0.2) is 28.2 Å². The molecule has 1 N–H and O–H groups in total. The topological polar surface area (TPSA) is 90.1 Å². The molecular formula is C23H20N4O3. The molecule has 1 unspecified atom stereocenters. The van der Waals surface area contributed by atoms with E-state index in [9.17, 15) is 4.79 Å².